The maximum Gasteiger partial charge on any atom is 0.341 e. The zero-order valence-corrected chi connectivity index (χ0v) is 15.4. The molecule has 0 bridgehead atoms. The highest BCUT2D eigenvalue weighted by Crippen LogP contribution is 2.25. The molecule has 0 unspecified atom stereocenters. The quantitative estimate of drug-likeness (QED) is 0.771. The molecule has 5 nitrogen and oxygen atoms in total. The average Bonchev–Trinajstić information content (AvgIpc) is 2.49. The lowest BCUT2D eigenvalue weighted by atomic mass is 10.2. The van der Waals surface area contributed by atoms with Gasteiger partial charge in [0.05, 0.1) is 9.79 Å². The van der Waals surface area contributed by atoms with Crippen molar-refractivity contribution in [1.82, 2.24) is 0 Å². The Bertz CT molecular complexity index is 959. The van der Waals surface area contributed by atoms with Gasteiger partial charge in [0.2, 0.25) is 9.84 Å². The normalized spacial score (nSPS) is 12.4. The van der Waals surface area contributed by atoms with Crippen LogP contribution in [0.4, 0.5) is 14.5 Å². The first-order valence-corrected chi connectivity index (χ1v) is 10.3. The summed E-state index contributed by atoms with van der Waals surface area (Å²) in [6.45, 7) is 1.62. The Balaban J connectivity index is 2.33. The van der Waals surface area contributed by atoms with E-state index in [1.807, 2.05) is 0 Å². The summed E-state index contributed by atoms with van der Waals surface area (Å²) in [5.41, 5.74) is 0.574. The molecule has 0 aromatic heterocycles. The maximum atomic E-state index is 12.5. The van der Waals surface area contributed by atoms with Gasteiger partial charge >= 0.3 is 5.76 Å². The number of sulfone groups is 1. The molecule has 0 saturated heterocycles. The fourth-order valence-corrected chi connectivity index (χ4v) is 4.45. The van der Waals surface area contributed by atoms with E-state index in [1.165, 1.54) is 6.07 Å². The van der Waals surface area contributed by atoms with Crippen LogP contribution >= 0.6 is 15.9 Å². The summed E-state index contributed by atoms with van der Waals surface area (Å²) in [6, 6.07) is 8.81. The highest BCUT2D eigenvalue weighted by molar-refractivity contribution is 9.10. The molecule has 0 spiro atoms. The summed E-state index contributed by atoms with van der Waals surface area (Å²) in [5.74, 6) is -3.54. The average molecular weight is 440 g/mol. The SMILES string of the molecule is Cc1ccc(Br)cc1S(=O)(=O)Nc1ccc(S(=O)(=O)C(F)F)cc1. The van der Waals surface area contributed by atoms with E-state index in [2.05, 4.69) is 20.7 Å². The molecule has 0 aliphatic rings. The number of rotatable bonds is 5. The molecule has 0 saturated carbocycles. The summed E-state index contributed by atoms with van der Waals surface area (Å²) in [4.78, 5) is -0.541. The molecular weight excluding hydrogens is 428 g/mol. The zero-order chi connectivity index (χ0) is 18.1. The molecule has 0 heterocycles. The largest absolute Gasteiger partial charge is 0.341 e. The van der Waals surface area contributed by atoms with Crippen LogP contribution in [-0.2, 0) is 19.9 Å². The number of hydrogen-bond acceptors (Lipinski definition) is 4. The van der Waals surface area contributed by atoms with Crippen LogP contribution in [0.1, 0.15) is 5.56 Å². The highest BCUT2D eigenvalue weighted by Gasteiger charge is 2.26. The molecule has 2 aromatic rings. The van der Waals surface area contributed by atoms with Crippen molar-refractivity contribution in [2.75, 3.05) is 4.72 Å². The molecule has 0 aliphatic heterocycles. The summed E-state index contributed by atoms with van der Waals surface area (Å²) in [5, 5.41) is 0. The van der Waals surface area contributed by atoms with Gasteiger partial charge in [0.1, 0.15) is 0 Å². The van der Waals surface area contributed by atoms with Crippen molar-refractivity contribution >= 4 is 41.5 Å². The number of aryl methyl sites for hydroxylation is 1. The third kappa shape index (κ3) is 3.93. The van der Waals surface area contributed by atoms with Crippen LogP contribution in [-0.4, -0.2) is 22.6 Å². The molecule has 0 radical (unpaired) electrons. The molecule has 0 amide bonds. The molecule has 2 rings (SSSR count). The predicted octanol–water partition coefficient (Wildman–Crippen LogP) is 3.55. The van der Waals surface area contributed by atoms with E-state index in [0.717, 1.165) is 24.3 Å². The second-order valence-electron chi connectivity index (χ2n) is 4.85. The van der Waals surface area contributed by atoms with Gasteiger partial charge < -0.3 is 0 Å². The standard InChI is InChI=1S/C14H12BrF2NO4S2/c1-9-2-3-10(15)8-13(9)24(21,22)18-11-4-6-12(7-5-11)23(19,20)14(16)17/h2-8,14,18H,1H3. The summed E-state index contributed by atoms with van der Waals surface area (Å²) in [7, 11) is -8.63. The van der Waals surface area contributed by atoms with Crippen molar-refractivity contribution in [3.8, 4) is 0 Å². The molecule has 130 valence electrons. The maximum absolute atomic E-state index is 12.5. The molecule has 10 heteroatoms. The van der Waals surface area contributed by atoms with Gasteiger partial charge in [-0.25, -0.2) is 16.8 Å². The van der Waals surface area contributed by atoms with Gasteiger partial charge in [-0.3, -0.25) is 4.72 Å². The fourth-order valence-electron chi connectivity index (χ4n) is 1.89. The Hall–Kier alpha value is -1.52. The first kappa shape index (κ1) is 18.8. The Morgan fingerprint density at radius 2 is 1.58 bits per heavy atom. The molecule has 0 atom stereocenters. The van der Waals surface area contributed by atoms with E-state index < -0.39 is 30.5 Å². The Kier molecular flexibility index (Phi) is 5.31. The smallest absolute Gasteiger partial charge is 0.280 e. The number of halogens is 3. The van der Waals surface area contributed by atoms with Gasteiger partial charge in [-0.15, -0.1) is 0 Å². The topological polar surface area (TPSA) is 80.3 Å². The van der Waals surface area contributed by atoms with Crippen molar-refractivity contribution in [1.29, 1.82) is 0 Å². The van der Waals surface area contributed by atoms with Crippen LogP contribution in [0.3, 0.4) is 0 Å². The van der Waals surface area contributed by atoms with E-state index in [1.54, 1.807) is 19.1 Å². The van der Waals surface area contributed by atoms with Gasteiger partial charge in [0.25, 0.3) is 10.0 Å². The number of anilines is 1. The fraction of sp³-hybridized carbons (Fsp3) is 0.143. The van der Waals surface area contributed by atoms with E-state index in [9.17, 15) is 25.6 Å². The Labute approximate surface area is 146 Å². The number of nitrogens with one attached hydrogen (secondary N) is 1. The lowest BCUT2D eigenvalue weighted by Gasteiger charge is -2.11. The molecule has 0 aliphatic carbocycles. The summed E-state index contributed by atoms with van der Waals surface area (Å²) >= 11 is 3.19. The predicted molar refractivity (Wildman–Crippen MR) is 89.3 cm³/mol. The first-order valence-electron chi connectivity index (χ1n) is 6.45. The van der Waals surface area contributed by atoms with E-state index in [4.69, 9.17) is 0 Å². The zero-order valence-electron chi connectivity index (χ0n) is 12.2. The van der Waals surface area contributed by atoms with Gasteiger partial charge in [-0.1, -0.05) is 22.0 Å². The number of sulfonamides is 1. The van der Waals surface area contributed by atoms with Crippen LogP contribution in [0.15, 0.2) is 56.7 Å². The Morgan fingerprint density at radius 1 is 1.00 bits per heavy atom. The second-order valence-corrected chi connectivity index (χ2v) is 9.33. The Morgan fingerprint density at radius 3 is 2.12 bits per heavy atom. The van der Waals surface area contributed by atoms with Crippen LogP contribution in [0, 0.1) is 6.92 Å². The lowest BCUT2D eigenvalue weighted by Crippen LogP contribution is -2.15. The van der Waals surface area contributed by atoms with E-state index in [0.29, 0.717) is 10.0 Å². The summed E-state index contributed by atoms with van der Waals surface area (Å²) < 4.78 is 75.3. The van der Waals surface area contributed by atoms with Crippen molar-refractivity contribution in [3.63, 3.8) is 0 Å². The third-order valence-corrected chi connectivity index (χ3v) is 6.52. The highest BCUT2D eigenvalue weighted by atomic mass is 79.9. The van der Waals surface area contributed by atoms with Gasteiger partial charge in [0, 0.05) is 10.2 Å². The van der Waals surface area contributed by atoms with Crippen LogP contribution in [0.2, 0.25) is 0 Å². The monoisotopic (exact) mass is 439 g/mol. The first-order chi connectivity index (χ1) is 11.0. The van der Waals surface area contributed by atoms with Crippen LogP contribution in [0.25, 0.3) is 0 Å². The number of alkyl halides is 2. The number of hydrogen-bond donors (Lipinski definition) is 1. The minimum Gasteiger partial charge on any atom is -0.280 e. The number of benzene rings is 2. The molecule has 1 N–H and O–H groups in total. The van der Waals surface area contributed by atoms with Crippen molar-refractivity contribution in [3.05, 3.63) is 52.5 Å². The van der Waals surface area contributed by atoms with Crippen molar-refractivity contribution in [2.24, 2.45) is 0 Å². The lowest BCUT2D eigenvalue weighted by molar-refractivity contribution is 0.234. The van der Waals surface area contributed by atoms with Crippen molar-refractivity contribution in [2.45, 2.75) is 22.5 Å². The summed E-state index contributed by atoms with van der Waals surface area (Å²) in [6.07, 6.45) is 0. The second kappa shape index (κ2) is 6.77. The van der Waals surface area contributed by atoms with Crippen LogP contribution < -0.4 is 4.72 Å². The van der Waals surface area contributed by atoms with Crippen LogP contribution in [0.5, 0.6) is 0 Å². The van der Waals surface area contributed by atoms with Gasteiger partial charge in [-0.2, -0.15) is 8.78 Å². The van der Waals surface area contributed by atoms with Crippen molar-refractivity contribution < 1.29 is 25.6 Å². The molecule has 0 fully saturated rings. The van der Waals surface area contributed by atoms with E-state index in [-0.39, 0.29) is 10.6 Å². The van der Waals surface area contributed by atoms with Gasteiger partial charge in [0.15, 0.2) is 0 Å². The minimum atomic E-state index is -4.72. The molecule has 2 aromatic carbocycles. The molecular formula is C14H12BrF2NO4S2. The molecule has 24 heavy (non-hydrogen) atoms. The minimum absolute atomic E-state index is 0.0427. The van der Waals surface area contributed by atoms with Gasteiger partial charge in [-0.05, 0) is 48.9 Å². The van der Waals surface area contributed by atoms with E-state index >= 15 is 0 Å². The third-order valence-electron chi connectivity index (χ3n) is 3.11.